The fourth-order valence-electron chi connectivity index (χ4n) is 2.15. The van der Waals surface area contributed by atoms with E-state index in [0.717, 1.165) is 22.3 Å². The molecule has 0 aliphatic heterocycles. The first-order valence-corrected chi connectivity index (χ1v) is 7.26. The number of carbonyl (C=O) groups excluding carboxylic acids is 1. The van der Waals surface area contributed by atoms with Crippen molar-refractivity contribution in [2.75, 3.05) is 0 Å². The van der Waals surface area contributed by atoms with Crippen LogP contribution in [0.1, 0.15) is 18.9 Å². The van der Waals surface area contributed by atoms with Crippen LogP contribution in [0, 0.1) is 0 Å². The highest BCUT2D eigenvalue weighted by atomic mass is 16.2. The molecule has 1 N–H and O–H groups in total. The number of fused-ring (bicyclic) bond motifs is 1. The molecule has 0 aliphatic rings. The van der Waals surface area contributed by atoms with Crippen LogP contribution in [0.25, 0.3) is 11.0 Å². The quantitative estimate of drug-likeness (QED) is 0.575. The first kappa shape index (κ1) is 14.8. The van der Waals surface area contributed by atoms with Crippen molar-refractivity contribution in [1.82, 2.24) is 25.4 Å². The van der Waals surface area contributed by atoms with E-state index in [-0.39, 0.29) is 12.3 Å². The molecule has 1 aromatic carbocycles. The van der Waals surface area contributed by atoms with Gasteiger partial charge < -0.3 is 0 Å². The van der Waals surface area contributed by atoms with Crippen LogP contribution in [0.4, 0.5) is 0 Å². The van der Waals surface area contributed by atoms with Gasteiger partial charge in [0.1, 0.15) is 5.52 Å². The van der Waals surface area contributed by atoms with E-state index < -0.39 is 0 Å². The lowest BCUT2D eigenvalue weighted by Crippen LogP contribution is -2.21. The zero-order chi connectivity index (χ0) is 16.1. The Balaban J connectivity index is 1.58. The zero-order valence-electron chi connectivity index (χ0n) is 12.7. The largest absolute Gasteiger partial charge is 0.273 e. The summed E-state index contributed by atoms with van der Waals surface area (Å²) in [7, 11) is 0. The Bertz CT molecular complexity index is 840. The number of rotatable bonds is 5. The van der Waals surface area contributed by atoms with Crippen LogP contribution in [-0.4, -0.2) is 31.6 Å². The van der Waals surface area contributed by atoms with Crippen LogP contribution < -0.4 is 5.43 Å². The standard InChI is InChI=1S/C16H16N6O/c1-12(13-6-9-17-10-7-13)18-20-16(23)8-11-22-15-5-3-2-4-14(15)19-21-22/h2-7,9-10H,8,11H2,1H3,(H,20,23). The maximum absolute atomic E-state index is 11.9. The van der Waals surface area contributed by atoms with Gasteiger partial charge in [0.25, 0.3) is 0 Å². The van der Waals surface area contributed by atoms with Gasteiger partial charge in [0.2, 0.25) is 5.91 Å². The molecule has 0 bridgehead atoms. The van der Waals surface area contributed by atoms with Gasteiger partial charge in [0.05, 0.1) is 17.8 Å². The second-order valence-electron chi connectivity index (χ2n) is 5.02. The molecule has 2 heterocycles. The molecule has 0 atom stereocenters. The Morgan fingerprint density at radius 1 is 1.22 bits per heavy atom. The van der Waals surface area contributed by atoms with Crippen molar-refractivity contribution in [3.63, 3.8) is 0 Å². The number of aromatic nitrogens is 4. The third kappa shape index (κ3) is 3.57. The Kier molecular flexibility index (Phi) is 4.37. The predicted molar refractivity (Wildman–Crippen MR) is 86.7 cm³/mol. The number of para-hydroxylation sites is 1. The highest BCUT2D eigenvalue weighted by Crippen LogP contribution is 2.09. The molecule has 1 amide bonds. The van der Waals surface area contributed by atoms with Gasteiger partial charge in [-0.3, -0.25) is 9.78 Å². The van der Waals surface area contributed by atoms with E-state index in [2.05, 4.69) is 25.8 Å². The molecule has 116 valence electrons. The molecule has 0 radical (unpaired) electrons. The Morgan fingerprint density at radius 2 is 2.00 bits per heavy atom. The number of carbonyl (C=O) groups is 1. The molecule has 3 aromatic rings. The summed E-state index contributed by atoms with van der Waals surface area (Å²) in [5.41, 5.74) is 5.94. The lowest BCUT2D eigenvalue weighted by molar-refractivity contribution is -0.121. The molecule has 3 rings (SSSR count). The second kappa shape index (κ2) is 6.78. The molecule has 23 heavy (non-hydrogen) atoms. The van der Waals surface area contributed by atoms with Crippen LogP contribution in [0.15, 0.2) is 53.9 Å². The van der Waals surface area contributed by atoms with Crippen molar-refractivity contribution in [3.05, 3.63) is 54.4 Å². The molecule has 7 heteroatoms. The maximum Gasteiger partial charge on any atom is 0.241 e. The summed E-state index contributed by atoms with van der Waals surface area (Å²) in [5.74, 6) is -0.169. The van der Waals surface area contributed by atoms with Gasteiger partial charge in [-0.2, -0.15) is 5.10 Å². The minimum Gasteiger partial charge on any atom is -0.273 e. The van der Waals surface area contributed by atoms with Crippen LogP contribution in [0.3, 0.4) is 0 Å². The highest BCUT2D eigenvalue weighted by Gasteiger charge is 2.06. The first-order chi connectivity index (χ1) is 11.2. The normalized spacial score (nSPS) is 11.6. The minimum atomic E-state index is -0.169. The molecular weight excluding hydrogens is 292 g/mol. The number of hydrazone groups is 1. The van der Waals surface area contributed by atoms with Gasteiger partial charge in [-0.05, 0) is 31.2 Å². The lowest BCUT2D eigenvalue weighted by atomic mass is 10.2. The number of hydrogen-bond acceptors (Lipinski definition) is 5. The van der Waals surface area contributed by atoms with Crippen LogP contribution in [-0.2, 0) is 11.3 Å². The number of nitrogens with zero attached hydrogens (tertiary/aromatic N) is 5. The van der Waals surface area contributed by atoms with Gasteiger partial charge >= 0.3 is 0 Å². The Labute approximate surface area is 133 Å². The Morgan fingerprint density at radius 3 is 2.83 bits per heavy atom. The van der Waals surface area contributed by atoms with Crippen LogP contribution in [0.2, 0.25) is 0 Å². The number of benzene rings is 1. The SMILES string of the molecule is CC(=NNC(=O)CCn1nnc2ccccc21)c1ccncc1. The fraction of sp³-hybridized carbons (Fsp3) is 0.188. The molecule has 2 aromatic heterocycles. The number of pyridine rings is 1. The van der Waals surface area contributed by atoms with Gasteiger partial charge in [0.15, 0.2) is 0 Å². The van der Waals surface area contributed by atoms with Gasteiger partial charge in [-0.15, -0.1) is 5.10 Å². The summed E-state index contributed by atoms with van der Waals surface area (Å²) >= 11 is 0. The van der Waals surface area contributed by atoms with E-state index in [4.69, 9.17) is 0 Å². The molecule has 0 fully saturated rings. The predicted octanol–water partition coefficient (Wildman–Crippen LogP) is 1.76. The molecular formula is C16H16N6O. The maximum atomic E-state index is 11.9. The van der Waals surface area contributed by atoms with Crippen LogP contribution >= 0.6 is 0 Å². The summed E-state index contributed by atoms with van der Waals surface area (Å²) in [4.78, 5) is 15.9. The summed E-state index contributed by atoms with van der Waals surface area (Å²) < 4.78 is 1.72. The molecule has 0 aliphatic carbocycles. The van der Waals surface area contributed by atoms with Crippen LogP contribution in [0.5, 0.6) is 0 Å². The van der Waals surface area contributed by atoms with E-state index in [1.807, 2.05) is 43.3 Å². The summed E-state index contributed by atoms with van der Waals surface area (Å²) in [6.45, 7) is 2.29. The monoisotopic (exact) mass is 308 g/mol. The smallest absolute Gasteiger partial charge is 0.241 e. The zero-order valence-corrected chi connectivity index (χ0v) is 12.7. The molecule has 0 saturated carbocycles. The number of hydrogen-bond donors (Lipinski definition) is 1. The lowest BCUT2D eigenvalue weighted by Gasteiger charge is -2.03. The van der Waals surface area contributed by atoms with E-state index in [1.165, 1.54) is 0 Å². The van der Waals surface area contributed by atoms with E-state index in [1.54, 1.807) is 17.1 Å². The van der Waals surface area contributed by atoms with Crippen molar-refractivity contribution in [2.24, 2.45) is 5.10 Å². The van der Waals surface area contributed by atoms with Crippen molar-refractivity contribution < 1.29 is 4.79 Å². The minimum absolute atomic E-state index is 0.169. The molecule has 0 unspecified atom stereocenters. The third-order valence-corrected chi connectivity index (χ3v) is 3.42. The summed E-state index contributed by atoms with van der Waals surface area (Å²) in [6.07, 6.45) is 3.65. The first-order valence-electron chi connectivity index (χ1n) is 7.26. The average Bonchev–Trinajstić information content (AvgIpc) is 3.02. The number of nitrogens with one attached hydrogen (secondary N) is 1. The molecule has 7 nitrogen and oxygen atoms in total. The fourth-order valence-corrected chi connectivity index (χ4v) is 2.15. The number of aryl methyl sites for hydroxylation is 1. The van der Waals surface area contributed by atoms with Crippen molar-refractivity contribution in [1.29, 1.82) is 0 Å². The molecule has 0 saturated heterocycles. The average molecular weight is 308 g/mol. The highest BCUT2D eigenvalue weighted by molar-refractivity contribution is 5.99. The third-order valence-electron chi connectivity index (χ3n) is 3.42. The number of amides is 1. The van der Waals surface area contributed by atoms with E-state index in [0.29, 0.717) is 6.54 Å². The summed E-state index contributed by atoms with van der Waals surface area (Å²) in [6, 6.07) is 11.3. The van der Waals surface area contributed by atoms with E-state index >= 15 is 0 Å². The Hall–Kier alpha value is -3.09. The van der Waals surface area contributed by atoms with Crippen molar-refractivity contribution in [3.8, 4) is 0 Å². The van der Waals surface area contributed by atoms with Gasteiger partial charge in [0, 0.05) is 24.4 Å². The second-order valence-corrected chi connectivity index (χ2v) is 5.02. The van der Waals surface area contributed by atoms with Crippen molar-refractivity contribution >= 4 is 22.7 Å². The van der Waals surface area contributed by atoms with Crippen molar-refractivity contribution in [2.45, 2.75) is 19.9 Å². The topological polar surface area (TPSA) is 85.1 Å². The van der Waals surface area contributed by atoms with E-state index in [9.17, 15) is 4.79 Å². The molecule has 0 spiro atoms. The van der Waals surface area contributed by atoms with Gasteiger partial charge in [-0.1, -0.05) is 17.3 Å². The van der Waals surface area contributed by atoms with Gasteiger partial charge in [-0.25, -0.2) is 10.1 Å². The summed E-state index contributed by atoms with van der Waals surface area (Å²) in [5, 5.41) is 12.2.